The van der Waals surface area contributed by atoms with Crippen LogP contribution in [0.5, 0.6) is 0 Å². The zero-order chi connectivity index (χ0) is 18.2. The van der Waals surface area contributed by atoms with Gasteiger partial charge < -0.3 is 14.7 Å². The number of ketones is 1. The molecule has 2 heterocycles. The van der Waals surface area contributed by atoms with Crippen molar-refractivity contribution in [2.45, 2.75) is 37.5 Å². The van der Waals surface area contributed by atoms with Gasteiger partial charge in [-0.05, 0) is 17.7 Å². The van der Waals surface area contributed by atoms with Crippen LogP contribution in [0, 0.1) is 10.1 Å². The first-order valence-corrected chi connectivity index (χ1v) is 7.77. The summed E-state index contributed by atoms with van der Waals surface area (Å²) in [6.45, 7) is -0.626. The summed E-state index contributed by atoms with van der Waals surface area (Å²) >= 11 is 0. The number of hydrogen-bond acceptors (Lipinski definition) is 7. The fraction of sp³-hybridized carbons (Fsp3) is 0.438. The Hall–Kier alpha value is -2.81. The number of hydrogen-bond donors (Lipinski definition) is 1. The molecular formula is C16H16N2O7. The summed E-state index contributed by atoms with van der Waals surface area (Å²) in [5.41, 5.74) is -1.34. The van der Waals surface area contributed by atoms with Crippen LogP contribution in [-0.4, -0.2) is 50.8 Å². The topological polar surface area (TPSA) is 127 Å². The molecule has 9 heteroatoms. The van der Waals surface area contributed by atoms with E-state index >= 15 is 0 Å². The summed E-state index contributed by atoms with van der Waals surface area (Å²) in [7, 11) is 0. The highest BCUT2D eigenvalue weighted by molar-refractivity contribution is 6.15. The van der Waals surface area contributed by atoms with Crippen LogP contribution in [0.1, 0.15) is 24.8 Å². The van der Waals surface area contributed by atoms with Crippen LogP contribution in [0.3, 0.4) is 0 Å². The molecule has 2 aliphatic heterocycles. The largest absolute Gasteiger partial charge is 0.459 e. The lowest BCUT2D eigenvalue weighted by Gasteiger charge is -2.43. The van der Waals surface area contributed by atoms with Crippen molar-refractivity contribution >= 4 is 23.3 Å². The SMILES string of the molecule is O=C1C[C@H]2CC(=O)[C@](CCO)(C(=O)OCc3ccc([N+](=O)[O-])cc3)N12. The second-order valence-electron chi connectivity index (χ2n) is 6.08. The van der Waals surface area contributed by atoms with Crippen molar-refractivity contribution in [1.82, 2.24) is 4.90 Å². The molecule has 1 amide bonds. The number of benzene rings is 1. The van der Waals surface area contributed by atoms with Gasteiger partial charge in [-0.1, -0.05) is 0 Å². The van der Waals surface area contributed by atoms with Crippen LogP contribution >= 0.6 is 0 Å². The van der Waals surface area contributed by atoms with Gasteiger partial charge in [0, 0.05) is 44.0 Å². The first-order valence-electron chi connectivity index (χ1n) is 7.77. The number of carbonyl (C=O) groups excluding carboxylic acids is 3. The fourth-order valence-electron chi connectivity index (χ4n) is 3.41. The summed E-state index contributed by atoms with van der Waals surface area (Å²) in [6.07, 6.45) is 0.0973. The van der Waals surface area contributed by atoms with E-state index in [4.69, 9.17) is 4.74 Å². The Morgan fingerprint density at radius 1 is 1.32 bits per heavy atom. The van der Waals surface area contributed by atoms with Crippen molar-refractivity contribution in [2.24, 2.45) is 0 Å². The molecule has 1 N–H and O–H groups in total. The molecule has 2 saturated heterocycles. The van der Waals surface area contributed by atoms with E-state index < -0.39 is 28.8 Å². The smallest absolute Gasteiger partial charge is 0.340 e. The van der Waals surface area contributed by atoms with Gasteiger partial charge in [-0.25, -0.2) is 4.79 Å². The molecule has 0 spiro atoms. The van der Waals surface area contributed by atoms with Crippen molar-refractivity contribution in [2.75, 3.05) is 6.61 Å². The van der Waals surface area contributed by atoms with Crippen LogP contribution in [-0.2, 0) is 25.7 Å². The lowest BCUT2D eigenvalue weighted by molar-refractivity contribution is -0.384. The van der Waals surface area contributed by atoms with E-state index in [1.807, 2.05) is 0 Å². The Kier molecular flexibility index (Phi) is 4.25. The molecule has 0 radical (unpaired) electrons. The fourth-order valence-corrected chi connectivity index (χ4v) is 3.41. The standard InChI is InChI=1S/C16H16N2O7/c19-6-5-16(13(20)7-12-8-14(21)17(12)16)15(22)25-9-10-1-3-11(4-2-10)18(23)24/h1-4,12,19H,5-9H2/t12-,16-/m1/s1. The van der Waals surface area contributed by atoms with E-state index in [1.165, 1.54) is 29.2 Å². The minimum Gasteiger partial charge on any atom is -0.459 e. The van der Waals surface area contributed by atoms with Crippen molar-refractivity contribution < 1.29 is 29.2 Å². The van der Waals surface area contributed by atoms with Crippen LogP contribution in [0.25, 0.3) is 0 Å². The van der Waals surface area contributed by atoms with E-state index in [9.17, 15) is 29.6 Å². The minimum atomic E-state index is -1.75. The molecule has 3 rings (SSSR count). The van der Waals surface area contributed by atoms with Gasteiger partial charge in [0.1, 0.15) is 6.61 Å². The number of amides is 1. The molecule has 25 heavy (non-hydrogen) atoms. The maximum atomic E-state index is 12.6. The normalized spacial score (nSPS) is 24.7. The number of β-lactam (4-membered cyclic amide) rings is 1. The summed E-state index contributed by atoms with van der Waals surface area (Å²) < 4.78 is 5.21. The number of aliphatic hydroxyl groups excluding tert-OH is 1. The molecule has 9 nitrogen and oxygen atoms in total. The van der Waals surface area contributed by atoms with Crippen molar-refractivity contribution in [3.63, 3.8) is 0 Å². The van der Waals surface area contributed by atoms with E-state index in [2.05, 4.69) is 0 Å². The highest BCUT2D eigenvalue weighted by atomic mass is 16.6. The Morgan fingerprint density at radius 3 is 2.56 bits per heavy atom. The number of ether oxygens (including phenoxy) is 1. The predicted molar refractivity (Wildman–Crippen MR) is 82.2 cm³/mol. The molecule has 2 aliphatic rings. The molecule has 0 aromatic heterocycles. The van der Waals surface area contributed by atoms with E-state index in [1.54, 1.807) is 0 Å². The number of non-ortho nitro benzene ring substituents is 1. The predicted octanol–water partition coefficient (Wildman–Crippen LogP) is 0.333. The maximum Gasteiger partial charge on any atom is 0.340 e. The number of Topliss-reactive ketones (excluding diaryl/α,β-unsaturated/α-hetero) is 1. The average molecular weight is 348 g/mol. The quantitative estimate of drug-likeness (QED) is 0.258. The van der Waals surface area contributed by atoms with Crippen LogP contribution in [0.15, 0.2) is 24.3 Å². The summed E-state index contributed by atoms with van der Waals surface area (Å²) in [5.74, 6) is -1.61. The van der Waals surface area contributed by atoms with Gasteiger partial charge in [-0.2, -0.15) is 0 Å². The third-order valence-corrected chi connectivity index (χ3v) is 4.67. The number of esters is 1. The van der Waals surface area contributed by atoms with Crippen LogP contribution in [0.2, 0.25) is 0 Å². The van der Waals surface area contributed by atoms with Gasteiger partial charge in [0.15, 0.2) is 5.78 Å². The molecular weight excluding hydrogens is 332 g/mol. The Bertz CT molecular complexity index is 745. The Labute approximate surface area is 142 Å². The van der Waals surface area contributed by atoms with Crippen LogP contribution < -0.4 is 0 Å². The first-order chi connectivity index (χ1) is 11.9. The average Bonchev–Trinajstić information content (AvgIpc) is 2.81. The molecule has 0 saturated carbocycles. The highest BCUT2D eigenvalue weighted by Crippen LogP contribution is 2.42. The number of nitro groups is 1. The zero-order valence-corrected chi connectivity index (χ0v) is 13.2. The van der Waals surface area contributed by atoms with Gasteiger partial charge in [0.05, 0.1) is 4.92 Å². The minimum absolute atomic E-state index is 0.0817. The van der Waals surface area contributed by atoms with Crippen molar-refractivity contribution in [3.05, 3.63) is 39.9 Å². The first kappa shape index (κ1) is 17.0. The Morgan fingerprint density at radius 2 is 2.00 bits per heavy atom. The number of nitrogens with zero attached hydrogens (tertiary/aromatic N) is 2. The molecule has 0 unspecified atom stereocenters. The molecule has 1 aromatic carbocycles. The van der Waals surface area contributed by atoms with Gasteiger partial charge in [-0.15, -0.1) is 0 Å². The molecule has 0 aliphatic carbocycles. The van der Waals surface area contributed by atoms with E-state index in [0.717, 1.165) is 0 Å². The lowest BCUT2D eigenvalue weighted by Crippen LogP contribution is -2.64. The molecule has 0 bridgehead atoms. The molecule has 132 valence electrons. The van der Waals surface area contributed by atoms with Gasteiger partial charge in [0.2, 0.25) is 11.4 Å². The van der Waals surface area contributed by atoms with Gasteiger partial charge >= 0.3 is 5.97 Å². The molecule has 2 atom stereocenters. The lowest BCUT2D eigenvalue weighted by atomic mass is 9.90. The second-order valence-corrected chi connectivity index (χ2v) is 6.08. The second kappa shape index (κ2) is 6.25. The summed E-state index contributed by atoms with van der Waals surface area (Å²) in [6, 6.07) is 5.14. The third-order valence-electron chi connectivity index (χ3n) is 4.67. The third kappa shape index (κ3) is 2.66. The monoisotopic (exact) mass is 348 g/mol. The maximum absolute atomic E-state index is 12.6. The number of aliphatic hydroxyl groups is 1. The van der Waals surface area contributed by atoms with Crippen molar-refractivity contribution in [1.29, 1.82) is 0 Å². The van der Waals surface area contributed by atoms with Gasteiger partial charge in [0.25, 0.3) is 5.69 Å². The highest BCUT2D eigenvalue weighted by Gasteiger charge is 2.65. The summed E-state index contributed by atoms with van der Waals surface area (Å²) in [4.78, 5) is 48.1. The van der Waals surface area contributed by atoms with Gasteiger partial charge in [-0.3, -0.25) is 19.7 Å². The van der Waals surface area contributed by atoms with E-state index in [-0.39, 0.29) is 43.5 Å². The zero-order valence-electron chi connectivity index (χ0n) is 13.2. The number of fused-ring (bicyclic) bond motifs is 1. The van der Waals surface area contributed by atoms with Crippen molar-refractivity contribution in [3.8, 4) is 0 Å². The van der Waals surface area contributed by atoms with E-state index in [0.29, 0.717) is 5.56 Å². The molecule has 1 aromatic rings. The Balaban J connectivity index is 1.74. The summed E-state index contributed by atoms with van der Waals surface area (Å²) in [5, 5.41) is 19.9. The number of nitro benzene ring substituents is 1. The number of carbonyl (C=O) groups is 3. The van der Waals surface area contributed by atoms with Crippen LogP contribution in [0.4, 0.5) is 5.69 Å². The number of rotatable bonds is 6. The molecule has 2 fully saturated rings.